The van der Waals surface area contributed by atoms with E-state index in [4.69, 9.17) is 4.52 Å². The number of hydrogen-bond acceptors (Lipinski definition) is 2. The van der Waals surface area contributed by atoms with Crippen LogP contribution in [0.4, 0.5) is 0 Å². The lowest BCUT2D eigenvalue weighted by atomic mass is 9.93. The fourth-order valence-corrected chi connectivity index (χ4v) is 1.80. The molecule has 1 atom stereocenters. The van der Waals surface area contributed by atoms with Gasteiger partial charge in [0.25, 0.3) is 0 Å². The van der Waals surface area contributed by atoms with E-state index in [0.29, 0.717) is 11.8 Å². The van der Waals surface area contributed by atoms with Gasteiger partial charge in [-0.15, -0.1) is 0 Å². The van der Waals surface area contributed by atoms with Crippen LogP contribution < -0.4 is 0 Å². The van der Waals surface area contributed by atoms with Crippen molar-refractivity contribution in [2.45, 2.75) is 44.9 Å². The molecule has 1 aromatic rings. The van der Waals surface area contributed by atoms with E-state index in [2.05, 4.69) is 37.2 Å². The van der Waals surface area contributed by atoms with Crippen molar-refractivity contribution in [3.63, 3.8) is 0 Å². The second kappa shape index (κ2) is 3.99. The minimum Gasteiger partial charge on any atom is -0.361 e. The van der Waals surface area contributed by atoms with Crippen LogP contribution in [0.1, 0.15) is 56.4 Å². The van der Waals surface area contributed by atoms with E-state index in [9.17, 15) is 0 Å². The van der Waals surface area contributed by atoms with Gasteiger partial charge in [0.15, 0.2) is 0 Å². The monoisotopic (exact) mass is 191 g/mol. The first-order valence-electron chi connectivity index (χ1n) is 5.40. The molecule has 0 bridgehead atoms. The first kappa shape index (κ1) is 9.50. The van der Waals surface area contributed by atoms with Gasteiger partial charge < -0.3 is 4.52 Å². The Balaban J connectivity index is 2.15. The Morgan fingerprint density at radius 3 is 2.93 bits per heavy atom. The Morgan fingerprint density at radius 1 is 1.50 bits per heavy atom. The molecule has 0 radical (unpaired) electrons. The summed E-state index contributed by atoms with van der Waals surface area (Å²) in [5, 5.41) is 4.08. The molecule has 0 unspecified atom stereocenters. The van der Waals surface area contributed by atoms with E-state index in [0.717, 1.165) is 11.5 Å². The van der Waals surface area contributed by atoms with E-state index in [1.165, 1.54) is 19.3 Å². The molecular weight excluding hydrogens is 174 g/mol. The molecule has 1 aromatic heterocycles. The third-order valence-corrected chi connectivity index (χ3v) is 2.76. The molecule has 1 heterocycles. The molecule has 0 fully saturated rings. The molecule has 0 N–H and O–H groups in total. The summed E-state index contributed by atoms with van der Waals surface area (Å²) in [6.45, 7) is 4.27. The minimum atomic E-state index is 0.458. The largest absolute Gasteiger partial charge is 0.361 e. The number of aromatic nitrogens is 1. The molecule has 0 amide bonds. The number of rotatable bonds is 2. The van der Waals surface area contributed by atoms with E-state index < -0.39 is 0 Å². The molecule has 2 rings (SSSR count). The van der Waals surface area contributed by atoms with Gasteiger partial charge in [-0.3, -0.25) is 0 Å². The third-order valence-electron chi connectivity index (χ3n) is 2.76. The average Bonchev–Trinajstić information content (AvgIpc) is 2.68. The molecule has 0 aromatic carbocycles. The first-order chi connectivity index (χ1) is 6.77. The normalized spacial score (nSPS) is 21.8. The number of nitrogens with zero attached hydrogens (tertiary/aromatic N) is 1. The highest BCUT2D eigenvalue weighted by atomic mass is 16.5. The third kappa shape index (κ3) is 1.89. The average molecular weight is 191 g/mol. The Bertz CT molecular complexity index is 325. The molecule has 0 saturated carbocycles. The van der Waals surface area contributed by atoms with Crippen LogP contribution in [-0.4, -0.2) is 5.16 Å². The highest BCUT2D eigenvalue weighted by Gasteiger charge is 2.16. The molecule has 2 nitrogen and oxygen atoms in total. The van der Waals surface area contributed by atoms with Gasteiger partial charge >= 0.3 is 0 Å². The van der Waals surface area contributed by atoms with Crippen LogP contribution in [0.3, 0.4) is 0 Å². The molecule has 0 saturated heterocycles. The van der Waals surface area contributed by atoms with Crippen molar-refractivity contribution in [1.29, 1.82) is 0 Å². The fourth-order valence-electron chi connectivity index (χ4n) is 1.80. The highest BCUT2D eigenvalue weighted by molar-refractivity contribution is 5.18. The lowest BCUT2D eigenvalue weighted by Crippen LogP contribution is -1.97. The minimum absolute atomic E-state index is 0.458. The van der Waals surface area contributed by atoms with Gasteiger partial charge in [0, 0.05) is 12.0 Å². The molecule has 76 valence electrons. The van der Waals surface area contributed by atoms with Gasteiger partial charge in [0.2, 0.25) is 0 Å². The zero-order chi connectivity index (χ0) is 9.97. The zero-order valence-electron chi connectivity index (χ0n) is 8.86. The van der Waals surface area contributed by atoms with Crippen LogP contribution in [0.5, 0.6) is 0 Å². The van der Waals surface area contributed by atoms with Gasteiger partial charge in [-0.2, -0.15) is 0 Å². The van der Waals surface area contributed by atoms with E-state index in [1.54, 1.807) is 0 Å². The van der Waals surface area contributed by atoms with Crippen molar-refractivity contribution >= 4 is 0 Å². The molecular formula is C12H17NO. The van der Waals surface area contributed by atoms with Crippen LogP contribution in [0.15, 0.2) is 22.7 Å². The first-order valence-corrected chi connectivity index (χ1v) is 5.40. The molecule has 1 aliphatic carbocycles. The van der Waals surface area contributed by atoms with Crippen molar-refractivity contribution in [1.82, 2.24) is 5.16 Å². The molecule has 0 spiro atoms. The second-order valence-electron chi connectivity index (χ2n) is 4.27. The van der Waals surface area contributed by atoms with Crippen molar-refractivity contribution in [3.8, 4) is 0 Å². The SMILES string of the molecule is CC(C)c1cc([C@@H]2C=CCCC2)on1. The predicted molar refractivity (Wildman–Crippen MR) is 56.3 cm³/mol. The summed E-state index contributed by atoms with van der Waals surface area (Å²) in [5.74, 6) is 1.95. The lowest BCUT2D eigenvalue weighted by molar-refractivity contribution is 0.358. The van der Waals surface area contributed by atoms with Crippen LogP contribution in [-0.2, 0) is 0 Å². The number of allylic oxidation sites excluding steroid dienone is 2. The maximum absolute atomic E-state index is 5.36. The summed E-state index contributed by atoms with van der Waals surface area (Å²) < 4.78 is 5.36. The second-order valence-corrected chi connectivity index (χ2v) is 4.27. The van der Waals surface area contributed by atoms with E-state index in [-0.39, 0.29) is 0 Å². The zero-order valence-corrected chi connectivity index (χ0v) is 8.86. The summed E-state index contributed by atoms with van der Waals surface area (Å²) >= 11 is 0. The summed E-state index contributed by atoms with van der Waals surface area (Å²) in [7, 11) is 0. The van der Waals surface area contributed by atoms with Crippen LogP contribution in [0.25, 0.3) is 0 Å². The molecule has 0 aliphatic heterocycles. The van der Waals surface area contributed by atoms with Crippen molar-refractivity contribution in [2.24, 2.45) is 0 Å². The maximum atomic E-state index is 5.36. The van der Waals surface area contributed by atoms with Gasteiger partial charge in [-0.25, -0.2) is 0 Å². The summed E-state index contributed by atoms with van der Waals surface area (Å²) in [6, 6.07) is 2.10. The lowest BCUT2D eigenvalue weighted by Gasteiger charge is -2.11. The van der Waals surface area contributed by atoms with Gasteiger partial charge in [-0.05, 0) is 25.2 Å². The fraction of sp³-hybridized carbons (Fsp3) is 0.583. The maximum Gasteiger partial charge on any atom is 0.143 e. The van der Waals surface area contributed by atoms with Crippen molar-refractivity contribution < 1.29 is 4.52 Å². The van der Waals surface area contributed by atoms with Crippen LogP contribution in [0.2, 0.25) is 0 Å². The number of hydrogen-bond donors (Lipinski definition) is 0. The molecule has 2 heteroatoms. The molecule has 14 heavy (non-hydrogen) atoms. The topological polar surface area (TPSA) is 26.0 Å². The standard InChI is InChI=1S/C12H17NO/c1-9(2)11-8-12(14-13-11)10-6-4-3-5-7-10/h4,6,8-10H,3,5,7H2,1-2H3/t10-/m1/s1. The quantitative estimate of drug-likeness (QED) is 0.667. The van der Waals surface area contributed by atoms with E-state index >= 15 is 0 Å². The summed E-state index contributed by atoms with van der Waals surface area (Å²) in [4.78, 5) is 0. The Morgan fingerprint density at radius 2 is 2.36 bits per heavy atom. The van der Waals surface area contributed by atoms with Crippen molar-refractivity contribution in [2.75, 3.05) is 0 Å². The van der Waals surface area contributed by atoms with Gasteiger partial charge in [0.05, 0.1) is 5.69 Å². The Hall–Kier alpha value is -1.05. The van der Waals surface area contributed by atoms with Gasteiger partial charge in [-0.1, -0.05) is 31.2 Å². The predicted octanol–water partition coefficient (Wildman–Crippen LogP) is 3.62. The highest BCUT2D eigenvalue weighted by Crippen LogP contribution is 2.29. The molecule has 1 aliphatic rings. The Kier molecular flexibility index (Phi) is 2.71. The van der Waals surface area contributed by atoms with E-state index in [1.807, 2.05) is 0 Å². The van der Waals surface area contributed by atoms with Crippen LogP contribution >= 0.6 is 0 Å². The summed E-state index contributed by atoms with van der Waals surface area (Å²) in [6.07, 6.45) is 8.16. The smallest absolute Gasteiger partial charge is 0.143 e. The van der Waals surface area contributed by atoms with Crippen molar-refractivity contribution in [3.05, 3.63) is 29.7 Å². The van der Waals surface area contributed by atoms with Crippen LogP contribution in [0, 0.1) is 0 Å². The Labute approximate surface area is 85.0 Å². The van der Waals surface area contributed by atoms with Gasteiger partial charge in [0.1, 0.15) is 5.76 Å². The summed E-state index contributed by atoms with van der Waals surface area (Å²) in [5.41, 5.74) is 1.07.